The molecule has 0 aliphatic rings. The first-order valence-corrected chi connectivity index (χ1v) is 5.79. The monoisotopic (exact) mass is 222 g/mol. The van der Waals surface area contributed by atoms with Crippen LogP contribution in [0.4, 0.5) is 0 Å². The molecule has 3 heteroatoms. The Hall–Kier alpha value is -1.09. The van der Waals surface area contributed by atoms with Crippen LogP contribution in [-0.2, 0) is 6.42 Å². The number of rotatable bonds is 5. The van der Waals surface area contributed by atoms with E-state index >= 15 is 0 Å². The van der Waals surface area contributed by atoms with E-state index in [9.17, 15) is 0 Å². The van der Waals surface area contributed by atoms with Gasteiger partial charge in [0.05, 0.1) is 7.11 Å². The first-order chi connectivity index (χ1) is 7.60. The molecule has 1 rings (SSSR count). The van der Waals surface area contributed by atoms with Crippen LogP contribution in [0.3, 0.4) is 0 Å². The van der Waals surface area contributed by atoms with Gasteiger partial charge < -0.3 is 10.5 Å². The maximum Gasteiger partial charge on any atom is 0.128 e. The summed E-state index contributed by atoms with van der Waals surface area (Å²) >= 11 is 0. The van der Waals surface area contributed by atoms with Crippen molar-refractivity contribution in [2.24, 2.45) is 11.7 Å². The Morgan fingerprint density at radius 1 is 1.44 bits per heavy atom. The lowest BCUT2D eigenvalue weighted by molar-refractivity contribution is 0.405. The summed E-state index contributed by atoms with van der Waals surface area (Å²) < 4.78 is 5.39. The first kappa shape index (κ1) is 13.0. The third-order valence-corrected chi connectivity index (χ3v) is 2.95. The third-order valence-electron chi connectivity index (χ3n) is 2.95. The Morgan fingerprint density at radius 2 is 2.12 bits per heavy atom. The molecule has 0 fully saturated rings. The second-order valence-electron chi connectivity index (χ2n) is 4.43. The molecule has 0 saturated heterocycles. The number of nitrogens with zero attached hydrogens (tertiary/aromatic N) is 1. The number of ether oxygens (including phenoxy) is 1. The summed E-state index contributed by atoms with van der Waals surface area (Å²) in [5.74, 6) is 1.54. The molecule has 1 aromatic heterocycles. The van der Waals surface area contributed by atoms with E-state index in [0.29, 0.717) is 5.92 Å². The van der Waals surface area contributed by atoms with Crippen LogP contribution in [0.5, 0.6) is 5.75 Å². The van der Waals surface area contributed by atoms with Crippen molar-refractivity contribution < 1.29 is 4.74 Å². The van der Waals surface area contributed by atoms with Gasteiger partial charge in [0.15, 0.2) is 0 Å². The molecule has 1 unspecified atom stereocenters. The molecule has 1 atom stereocenters. The van der Waals surface area contributed by atoms with E-state index in [1.807, 2.05) is 13.1 Å². The molecule has 0 aliphatic carbocycles. The minimum absolute atomic E-state index is 0.573. The molecule has 0 saturated carbocycles. The number of hydrogen-bond donors (Lipinski definition) is 1. The number of pyridine rings is 1. The van der Waals surface area contributed by atoms with Gasteiger partial charge in [-0.05, 0) is 39.2 Å². The van der Waals surface area contributed by atoms with Gasteiger partial charge in [0.25, 0.3) is 0 Å². The summed E-state index contributed by atoms with van der Waals surface area (Å²) in [6.07, 6.45) is 3.90. The predicted molar refractivity (Wildman–Crippen MR) is 66.8 cm³/mol. The van der Waals surface area contributed by atoms with E-state index in [4.69, 9.17) is 10.5 Å². The summed E-state index contributed by atoms with van der Waals surface area (Å²) in [4.78, 5) is 4.49. The molecule has 90 valence electrons. The van der Waals surface area contributed by atoms with Crippen LogP contribution in [-0.4, -0.2) is 18.6 Å². The van der Waals surface area contributed by atoms with E-state index in [1.165, 1.54) is 0 Å². The maximum atomic E-state index is 5.56. The van der Waals surface area contributed by atoms with Crippen LogP contribution < -0.4 is 10.5 Å². The van der Waals surface area contributed by atoms with Gasteiger partial charge in [-0.3, -0.25) is 4.98 Å². The van der Waals surface area contributed by atoms with Crippen LogP contribution in [0.15, 0.2) is 6.20 Å². The van der Waals surface area contributed by atoms with Gasteiger partial charge in [0, 0.05) is 23.0 Å². The zero-order valence-electron chi connectivity index (χ0n) is 10.7. The van der Waals surface area contributed by atoms with Gasteiger partial charge in [0.1, 0.15) is 5.75 Å². The quantitative estimate of drug-likeness (QED) is 0.831. The Balaban J connectivity index is 2.89. The van der Waals surface area contributed by atoms with Gasteiger partial charge >= 0.3 is 0 Å². The Bertz CT molecular complexity index is 350. The zero-order chi connectivity index (χ0) is 12.1. The van der Waals surface area contributed by atoms with Crippen LogP contribution in [0, 0.1) is 19.8 Å². The molecule has 0 amide bonds. The molecule has 0 aliphatic heterocycles. The number of aromatic nitrogens is 1. The predicted octanol–water partition coefficient (Wildman–Crippen LogP) is 2.23. The van der Waals surface area contributed by atoms with Gasteiger partial charge in [-0.1, -0.05) is 6.92 Å². The third kappa shape index (κ3) is 2.95. The number of aryl methyl sites for hydroxylation is 1. The smallest absolute Gasteiger partial charge is 0.128 e. The molecule has 3 nitrogen and oxygen atoms in total. The molecule has 1 aromatic rings. The highest BCUT2D eigenvalue weighted by molar-refractivity contribution is 5.41. The van der Waals surface area contributed by atoms with Crippen LogP contribution in [0.25, 0.3) is 0 Å². The minimum atomic E-state index is 0.573. The lowest BCUT2D eigenvalue weighted by atomic mass is 9.98. The Kier molecular flexibility index (Phi) is 4.74. The second kappa shape index (κ2) is 5.85. The highest BCUT2D eigenvalue weighted by atomic mass is 16.5. The molecule has 0 aromatic carbocycles. The topological polar surface area (TPSA) is 48.1 Å². The molecular weight excluding hydrogens is 200 g/mol. The summed E-state index contributed by atoms with van der Waals surface area (Å²) in [5.41, 5.74) is 8.94. The molecular formula is C13H22N2O. The highest BCUT2D eigenvalue weighted by Gasteiger charge is 2.11. The van der Waals surface area contributed by atoms with Gasteiger partial charge in [-0.2, -0.15) is 0 Å². The molecule has 16 heavy (non-hydrogen) atoms. The van der Waals surface area contributed by atoms with Crippen molar-refractivity contribution in [1.29, 1.82) is 0 Å². The summed E-state index contributed by atoms with van der Waals surface area (Å²) in [6.45, 7) is 7.04. The number of hydrogen-bond acceptors (Lipinski definition) is 3. The largest absolute Gasteiger partial charge is 0.496 e. The second-order valence-corrected chi connectivity index (χ2v) is 4.43. The van der Waals surface area contributed by atoms with Crippen LogP contribution in [0.2, 0.25) is 0 Å². The molecule has 0 radical (unpaired) electrons. The van der Waals surface area contributed by atoms with E-state index in [2.05, 4.69) is 18.8 Å². The molecule has 2 N–H and O–H groups in total. The van der Waals surface area contributed by atoms with Crippen molar-refractivity contribution >= 4 is 0 Å². The average molecular weight is 222 g/mol. The van der Waals surface area contributed by atoms with E-state index in [0.717, 1.165) is 42.0 Å². The standard InChI is InChI=1S/C13H22N2O/c1-9(5-6-14)7-12-11(3)13(16-4)10(2)8-15-12/h8-9H,5-7,14H2,1-4H3. The lowest BCUT2D eigenvalue weighted by Crippen LogP contribution is -2.10. The number of nitrogens with two attached hydrogens (primary N) is 1. The van der Waals surface area contributed by atoms with Crippen molar-refractivity contribution in [3.8, 4) is 5.75 Å². The van der Waals surface area contributed by atoms with Crippen molar-refractivity contribution in [3.63, 3.8) is 0 Å². The van der Waals surface area contributed by atoms with Gasteiger partial charge in [-0.15, -0.1) is 0 Å². The van der Waals surface area contributed by atoms with Crippen molar-refractivity contribution in [2.75, 3.05) is 13.7 Å². The average Bonchev–Trinajstić information content (AvgIpc) is 2.23. The van der Waals surface area contributed by atoms with Gasteiger partial charge in [-0.25, -0.2) is 0 Å². The SMILES string of the molecule is COc1c(C)cnc(CC(C)CCN)c1C. The first-order valence-electron chi connectivity index (χ1n) is 5.79. The highest BCUT2D eigenvalue weighted by Crippen LogP contribution is 2.25. The van der Waals surface area contributed by atoms with Crippen molar-refractivity contribution in [3.05, 3.63) is 23.0 Å². The van der Waals surface area contributed by atoms with Crippen LogP contribution >= 0.6 is 0 Å². The zero-order valence-corrected chi connectivity index (χ0v) is 10.7. The lowest BCUT2D eigenvalue weighted by Gasteiger charge is -2.15. The Labute approximate surface area is 98.0 Å². The normalized spacial score (nSPS) is 12.6. The van der Waals surface area contributed by atoms with Crippen LogP contribution in [0.1, 0.15) is 30.2 Å². The fourth-order valence-corrected chi connectivity index (χ4v) is 1.99. The minimum Gasteiger partial charge on any atom is -0.496 e. The molecule has 0 spiro atoms. The number of methoxy groups -OCH3 is 1. The molecule has 0 bridgehead atoms. The summed E-state index contributed by atoms with van der Waals surface area (Å²) in [5, 5.41) is 0. The van der Waals surface area contributed by atoms with Gasteiger partial charge in [0.2, 0.25) is 0 Å². The fourth-order valence-electron chi connectivity index (χ4n) is 1.99. The summed E-state index contributed by atoms with van der Waals surface area (Å²) in [6, 6.07) is 0. The fraction of sp³-hybridized carbons (Fsp3) is 0.615. The van der Waals surface area contributed by atoms with E-state index in [1.54, 1.807) is 7.11 Å². The Morgan fingerprint density at radius 3 is 2.69 bits per heavy atom. The maximum absolute atomic E-state index is 5.56. The van der Waals surface area contributed by atoms with E-state index in [-0.39, 0.29) is 0 Å². The van der Waals surface area contributed by atoms with Crippen molar-refractivity contribution in [1.82, 2.24) is 4.98 Å². The summed E-state index contributed by atoms with van der Waals surface area (Å²) in [7, 11) is 1.71. The van der Waals surface area contributed by atoms with Crippen molar-refractivity contribution in [2.45, 2.75) is 33.6 Å². The van der Waals surface area contributed by atoms with E-state index < -0.39 is 0 Å². The molecule has 1 heterocycles.